The smallest absolute Gasteiger partial charge is 0.220 e. The Labute approximate surface area is 127 Å². The van der Waals surface area contributed by atoms with Gasteiger partial charge in [0.05, 0.1) is 12.6 Å². The van der Waals surface area contributed by atoms with Gasteiger partial charge >= 0.3 is 0 Å². The maximum absolute atomic E-state index is 12.1. The number of nitrogens with one attached hydrogen (secondary N) is 1. The molecular weight excluding hydrogens is 270 g/mol. The zero-order valence-electron chi connectivity index (χ0n) is 13.9. The van der Waals surface area contributed by atoms with E-state index in [1.54, 1.807) is 21.0 Å². The molecule has 0 spiro atoms. The van der Waals surface area contributed by atoms with Gasteiger partial charge in [0, 0.05) is 32.3 Å². The summed E-state index contributed by atoms with van der Waals surface area (Å²) in [4.78, 5) is 35.6. The standard InChI is InChI=1S/C16H29NO4/c1-11(2)10-15(19)17-14(16(20)12(3)4)7-6-13(18)8-9-21-5/h11-12,14H,6-10H2,1-5H3,(H,17,19). The molecule has 0 aliphatic heterocycles. The highest BCUT2D eigenvalue weighted by atomic mass is 16.5. The predicted octanol–water partition coefficient (Wildman–Crippen LogP) is 2.13. The van der Waals surface area contributed by atoms with Gasteiger partial charge in [-0.3, -0.25) is 14.4 Å². The van der Waals surface area contributed by atoms with Gasteiger partial charge in [-0.25, -0.2) is 0 Å². The molecule has 0 aromatic heterocycles. The van der Waals surface area contributed by atoms with Crippen LogP contribution in [0.2, 0.25) is 0 Å². The van der Waals surface area contributed by atoms with Gasteiger partial charge in [-0.2, -0.15) is 0 Å². The number of ketones is 2. The second-order valence-corrected chi connectivity index (χ2v) is 6.10. The quantitative estimate of drug-likeness (QED) is 0.634. The fraction of sp³-hybridized carbons (Fsp3) is 0.812. The maximum Gasteiger partial charge on any atom is 0.220 e. The fourth-order valence-corrected chi connectivity index (χ4v) is 1.96. The highest BCUT2D eigenvalue weighted by Crippen LogP contribution is 2.09. The fourth-order valence-electron chi connectivity index (χ4n) is 1.96. The van der Waals surface area contributed by atoms with E-state index in [0.29, 0.717) is 25.9 Å². The van der Waals surface area contributed by atoms with Crippen molar-refractivity contribution in [3.8, 4) is 0 Å². The van der Waals surface area contributed by atoms with E-state index in [4.69, 9.17) is 4.74 Å². The number of rotatable bonds is 11. The molecule has 0 rings (SSSR count). The minimum absolute atomic E-state index is 0.0216. The summed E-state index contributed by atoms with van der Waals surface area (Å²) in [5.41, 5.74) is 0. The largest absolute Gasteiger partial charge is 0.384 e. The molecule has 1 N–H and O–H groups in total. The number of carbonyl (C=O) groups is 3. The van der Waals surface area contributed by atoms with Gasteiger partial charge in [0.15, 0.2) is 5.78 Å². The van der Waals surface area contributed by atoms with E-state index in [2.05, 4.69) is 5.32 Å². The number of hydrogen-bond acceptors (Lipinski definition) is 4. The van der Waals surface area contributed by atoms with Crippen molar-refractivity contribution in [3.63, 3.8) is 0 Å². The Bertz CT molecular complexity index is 350. The molecule has 21 heavy (non-hydrogen) atoms. The first-order valence-electron chi connectivity index (χ1n) is 7.61. The van der Waals surface area contributed by atoms with Gasteiger partial charge in [-0.15, -0.1) is 0 Å². The molecule has 0 bridgehead atoms. The average Bonchev–Trinajstić information content (AvgIpc) is 2.39. The number of Topliss-reactive ketones (excluding diaryl/α,β-unsaturated/α-hetero) is 2. The lowest BCUT2D eigenvalue weighted by Gasteiger charge is -2.20. The maximum atomic E-state index is 12.1. The molecule has 0 saturated carbocycles. The lowest BCUT2D eigenvalue weighted by Crippen LogP contribution is -2.43. The minimum Gasteiger partial charge on any atom is -0.384 e. The second-order valence-electron chi connectivity index (χ2n) is 6.10. The molecule has 0 radical (unpaired) electrons. The summed E-state index contributed by atoms with van der Waals surface area (Å²) >= 11 is 0. The highest BCUT2D eigenvalue weighted by molar-refractivity contribution is 5.90. The van der Waals surface area contributed by atoms with E-state index < -0.39 is 6.04 Å². The van der Waals surface area contributed by atoms with Gasteiger partial charge in [-0.1, -0.05) is 27.7 Å². The molecule has 5 heteroatoms. The van der Waals surface area contributed by atoms with E-state index in [0.717, 1.165) is 0 Å². The minimum atomic E-state index is -0.567. The van der Waals surface area contributed by atoms with E-state index in [9.17, 15) is 14.4 Å². The number of carbonyl (C=O) groups excluding carboxylic acids is 3. The van der Waals surface area contributed by atoms with Gasteiger partial charge in [0.25, 0.3) is 0 Å². The summed E-state index contributed by atoms with van der Waals surface area (Å²) in [7, 11) is 1.55. The Balaban J connectivity index is 4.50. The van der Waals surface area contributed by atoms with Crippen LogP contribution in [0.5, 0.6) is 0 Å². The molecule has 0 aromatic rings. The van der Waals surface area contributed by atoms with Crippen molar-refractivity contribution >= 4 is 17.5 Å². The summed E-state index contributed by atoms with van der Waals surface area (Å²) in [5.74, 6) is -0.0249. The van der Waals surface area contributed by atoms with Crippen molar-refractivity contribution in [3.05, 3.63) is 0 Å². The summed E-state index contributed by atoms with van der Waals surface area (Å²) in [6.45, 7) is 7.90. The van der Waals surface area contributed by atoms with Crippen molar-refractivity contribution in [2.45, 2.75) is 59.4 Å². The van der Waals surface area contributed by atoms with Crippen LogP contribution in [-0.2, 0) is 19.1 Å². The molecular formula is C16H29NO4. The second kappa shape index (κ2) is 10.5. The molecule has 5 nitrogen and oxygen atoms in total. The van der Waals surface area contributed by atoms with Gasteiger partial charge in [0.1, 0.15) is 5.78 Å². The van der Waals surface area contributed by atoms with Crippen LogP contribution in [0.4, 0.5) is 0 Å². The molecule has 0 saturated heterocycles. The first kappa shape index (κ1) is 19.8. The lowest BCUT2D eigenvalue weighted by atomic mass is 9.96. The summed E-state index contributed by atoms with van der Waals surface area (Å²) in [6.07, 6.45) is 1.39. The van der Waals surface area contributed by atoms with Crippen molar-refractivity contribution in [1.29, 1.82) is 0 Å². The van der Waals surface area contributed by atoms with Crippen LogP contribution in [0.1, 0.15) is 53.4 Å². The molecule has 0 aliphatic carbocycles. The number of amides is 1. The van der Waals surface area contributed by atoms with Crippen LogP contribution in [0, 0.1) is 11.8 Å². The molecule has 0 fully saturated rings. The van der Waals surface area contributed by atoms with Crippen LogP contribution in [0.25, 0.3) is 0 Å². The Hall–Kier alpha value is -1.23. The third-order valence-electron chi connectivity index (χ3n) is 3.14. The highest BCUT2D eigenvalue weighted by Gasteiger charge is 2.23. The van der Waals surface area contributed by atoms with Crippen molar-refractivity contribution in [1.82, 2.24) is 5.32 Å². The topological polar surface area (TPSA) is 72.5 Å². The Morgan fingerprint density at radius 3 is 2.14 bits per heavy atom. The van der Waals surface area contributed by atoms with Crippen molar-refractivity contribution in [2.75, 3.05) is 13.7 Å². The SMILES string of the molecule is COCCC(=O)CCC(NC(=O)CC(C)C)C(=O)C(C)C. The number of hydrogen-bond donors (Lipinski definition) is 1. The monoisotopic (exact) mass is 299 g/mol. The van der Waals surface area contributed by atoms with E-state index in [1.165, 1.54) is 0 Å². The molecule has 1 unspecified atom stereocenters. The number of ether oxygens (including phenoxy) is 1. The molecule has 122 valence electrons. The van der Waals surface area contributed by atoms with E-state index in [1.807, 2.05) is 13.8 Å². The Morgan fingerprint density at radius 1 is 1.05 bits per heavy atom. The van der Waals surface area contributed by atoms with Crippen molar-refractivity contribution in [2.24, 2.45) is 11.8 Å². The van der Waals surface area contributed by atoms with E-state index >= 15 is 0 Å². The van der Waals surface area contributed by atoms with Crippen molar-refractivity contribution < 1.29 is 19.1 Å². The molecule has 0 heterocycles. The molecule has 0 aromatic carbocycles. The predicted molar refractivity (Wildman–Crippen MR) is 82.0 cm³/mol. The van der Waals surface area contributed by atoms with Crippen LogP contribution in [0.3, 0.4) is 0 Å². The summed E-state index contributed by atoms with van der Waals surface area (Å²) < 4.78 is 4.86. The molecule has 1 amide bonds. The first-order valence-corrected chi connectivity index (χ1v) is 7.61. The normalized spacial score (nSPS) is 12.5. The average molecular weight is 299 g/mol. The van der Waals surface area contributed by atoms with Crippen LogP contribution in [-0.4, -0.2) is 37.2 Å². The molecule has 1 atom stereocenters. The third kappa shape index (κ3) is 9.34. The Morgan fingerprint density at radius 2 is 1.67 bits per heavy atom. The first-order chi connectivity index (χ1) is 9.77. The Kier molecular flexibility index (Phi) is 9.88. The van der Waals surface area contributed by atoms with E-state index in [-0.39, 0.29) is 35.7 Å². The lowest BCUT2D eigenvalue weighted by molar-refractivity contribution is -0.130. The zero-order valence-corrected chi connectivity index (χ0v) is 13.9. The zero-order chi connectivity index (χ0) is 16.4. The van der Waals surface area contributed by atoms with Crippen LogP contribution >= 0.6 is 0 Å². The third-order valence-corrected chi connectivity index (χ3v) is 3.14. The van der Waals surface area contributed by atoms with Crippen LogP contribution < -0.4 is 5.32 Å². The van der Waals surface area contributed by atoms with Gasteiger partial charge in [0.2, 0.25) is 5.91 Å². The number of methoxy groups -OCH3 is 1. The van der Waals surface area contributed by atoms with Crippen LogP contribution in [0.15, 0.2) is 0 Å². The summed E-state index contributed by atoms with van der Waals surface area (Å²) in [6, 6.07) is -0.567. The van der Waals surface area contributed by atoms with Gasteiger partial charge in [-0.05, 0) is 12.3 Å². The summed E-state index contributed by atoms with van der Waals surface area (Å²) in [5, 5.41) is 2.77. The molecule has 0 aliphatic rings. The van der Waals surface area contributed by atoms with Gasteiger partial charge < -0.3 is 10.1 Å².